The number of hydrogen-bond acceptors (Lipinski definition) is 4. The molecule has 7 heteroatoms. The van der Waals surface area contributed by atoms with Gasteiger partial charge >= 0.3 is 0 Å². The Labute approximate surface area is 171 Å². The summed E-state index contributed by atoms with van der Waals surface area (Å²) in [6.45, 7) is 5.63. The summed E-state index contributed by atoms with van der Waals surface area (Å²) in [4.78, 5) is 34.9. The van der Waals surface area contributed by atoms with E-state index >= 15 is 0 Å². The third-order valence-corrected chi connectivity index (χ3v) is 6.06. The van der Waals surface area contributed by atoms with Crippen LogP contribution in [0.2, 0.25) is 0 Å². The number of ether oxygens (including phenoxy) is 1. The van der Waals surface area contributed by atoms with Crippen molar-refractivity contribution in [2.24, 2.45) is 11.8 Å². The van der Waals surface area contributed by atoms with Crippen LogP contribution in [0.25, 0.3) is 11.0 Å². The molecule has 2 amide bonds. The molecule has 0 radical (unpaired) electrons. The van der Waals surface area contributed by atoms with Gasteiger partial charge < -0.3 is 19.9 Å². The van der Waals surface area contributed by atoms with E-state index < -0.39 is 0 Å². The summed E-state index contributed by atoms with van der Waals surface area (Å²) in [6.07, 6.45) is 4.46. The average molecular weight is 399 g/mol. The molecule has 1 atom stereocenters. The molecule has 2 fully saturated rings. The molecule has 2 aliphatic rings. The van der Waals surface area contributed by atoms with Crippen LogP contribution < -0.4 is 5.32 Å². The zero-order valence-electron chi connectivity index (χ0n) is 17.1. The maximum atomic E-state index is 13.0. The van der Waals surface area contributed by atoms with Crippen LogP contribution in [0.15, 0.2) is 18.2 Å². The predicted octanol–water partition coefficient (Wildman–Crippen LogP) is 2.66. The smallest absolute Gasteiger partial charge is 0.253 e. The first-order valence-corrected chi connectivity index (χ1v) is 10.7. The fraction of sp³-hybridized carbons (Fsp3) is 0.591. The van der Waals surface area contributed by atoms with Gasteiger partial charge in [-0.05, 0) is 62.6 Å². The largest absolute Gasteiger partial charge is 0.381 e. The van der Waals surface area contributed by atoms with E-state index in [-0.39, 0.29) is 17.7 Å². The second-order valence-electron chi connectivity index (χ2n) is 8.38. The highest BCUT2D eigenvalue weighted by atomic mass is 16.5. The Morgan fingerprint density at radius 3 is 2.90 bits per heavy atom. The molecule has 7 nitrogen and oxygen atoms in total. The minimum atomic E-state index is 0.0338. The first-order valence-electron chi connectivity index (χ1n) is 10.7. The lowest BCUT2D eigenvalue weighted by Gasteiger charge is -2.32. The zero-order chi connectivity index (χ0) is 20.2. The molecule has 0 aliphatic carbocycles. The van der Waals surface area contributed by atoms with Gasteiger partial charge in [-0.25, -0.2) is 4.98 Å². The summed E-state index contributed by atoms with van der Waals surface area (Å²) < 4.78 is 5.37. The number of aryl methyl sites for hydroxylation is 1. The number of rotatable bonds is 5. The summed E-state index contributed by atoms with van der Waals surface area (Å²) in [7, 11) is 0. The number of hydrogen-bond donors (Lipinski definition) is 2. The van der Waals surface area contributed by atoms with E-state index in [1.165, 1.54) is 0 Å². The van der Waals surface area contributed by atoms with Crippen molar-refractivity contribution in [1.82, 2.24) is 20.2 Å². The topological polar surface area (TPSA) is 87.3 Å². The van der Waals surface area contributed by atoms with E-state index in [9.17, 15) is 9.59 Å². The number of imidazole rings is 1. The number of carbonyl (C=O) groups is 2. The molecular weight excluding hydrogens is 368 g/mol. The fourth-order valence-electron chi connectivity index (χ4n) is 4.41. The van der Waals surface area contributed by atoms with Crippen molar-refractivity contribution < 1.29 is 14.3 Å². The molecule has 2 N–H and O–H groups in total. The molecule has 2 saturated heterocycles. The standard InChI is InChI=1S/C22H30N4O3/c1-15-24-19-5-4-18(12-20(19)25-15)22(28)26-8-2-3-17(14-26)11-21(27)23-13-16-6-9-29-10-7-16/h4-5,12,16-17H,2-3,6-11,13-14H2,1H3,(H,23,27)(H,24,25). The molecule has 2 aromatic rings. The van der Waals surface area contributed by atoms with E-state index in [1.807, 2.05) is 30.0 Å². The molecule has 1 aromatic heterocycles. The lowest BCUT2D eigenvalue weighted by atomic mass is 9.93. The molecule has 1 unspecified atom stereocenters. The number of piperidine rings is 1. The number of benzene rings is 1. The van der Waals surface area contributed by atoms with Crippen molar-refractivity contribution in [3.63, 3.8) is 0 Å². The number of H-pyrrole nitrogens is 1. The minimum absolute atomic E-state index is 0.0338. The number of nitrogens with one attached hydrogen (secondary N) is 2. The van der Waals surface area contributed by atoms with Gasteiger partial charge in [0, 0.05) is 44.8 Å². The van der Waals surface area contributed by atoms with Gasteiger partial charge in [0.1, 0.15) is 5.82 Å². The summed E-state index contributed by atoms with van der Waals surface area (Å²) in [6, 6.07) is 5.61. The molecule has 29 heavy (non-hydrogen) atoms. The van der Waals surface area contributed by atoms with Gasteiger partial charge in [-0.15, -0.1) is 0 Å². The third-order valence-electron chi connectivity index (χ3n) is 6.06. The van der Waals surface area contributed by atoms with Crippen molar-refractivity contribution in [2.75, 3.05) is 32.8 Å². The average Bonchev–Trinajstić information content (AvgIpc) is 3.12. The van der Waals surface area contributed by atoms with Gasteiger partial charge in [-0.1, -0.05) is 0 Å². The van der Waals surface area contributed by atoms with Crippen LogP contribution in [0.5, 0.6) is 0 Å². The van der Waals surface area contributed by atoms with Crippen LogP contribution in [0, 0.1) is 18.8 Å². The Hall–Kier alpha value is -2.41. The lowest BCUT2D eigenvalue weighted by molar-refractivity contribution is -0.122. The summed E-state index contributed by atoms with van der Waals surface area (Å²) >= 11 is 0. The fourth-order valence-corrected chi connectivity index (χ4v) is 4.41. The van der Waals surface area contributed by atoms with E-state index in [2.05, 4.69) is 15.3 Å². The molecule has 0 saturated carbocycles. The molecule has 1 aromatic carbocycles. The molecule has 3 heterocycles. The highest BCUT2D eigenvalue weighted by Gasteiger charge is 2.26. The maximum Gasteiger partial charge on any atom is 0.253 e. The summed E-state index contributed by atoms with van der Waals surface area (Å²) in [5.41, 5.74) is 2.43. The Morgan fingerprint density at radius 1 is 1.24 bits per heavy atom. The van der Waals surface area contributed by atoms with Crippen molar-refractivity contribution >= 4 is 22.8 Å². The van der Waals surface area contributed by atoms with Crippen molar-refractivity contribution in [3.05, 3.63) is 29.6 Å². The van der Waals surface area contributed by atoms with Crippen LogP contribution in [-0.2, 0) is 9.53 Å². The Bertz CT molecular complexity index is 872. The predicted molar refractivity (Wildman–Crippen MR) is 111 cm³/mol. The van der Waals surface area contributed by atoms with Crippen molar-refractivity contribution in [2.45, 2.75) is 39.0 Å². The van der Waals surface area contributed by atoms with Gasteiger partial charge in [0.05, 0.1) is 11.0 Å². The van der Waals surface area contributed by atoms with Gasteiger partial charge in [0.15, 0.2) is 0 Å². The molecule has 156 valence electrons. The van der Waals surface area contributed by atoms with E-state index in [0.29, 0.717) is 24.4 Å². The number of amides is 2. The Kier molecular flexibility index (Phi) is 6.13. The number of aromatic nitrogens is 2. The number of fused-ring (bicyclic) bond motifs is 1. The molecule has 0 bridgehead atoms. The zero-order valence-corrected chi connectivity index (χ0v) is 17.1. The highest BCUT2D eigenvalue weighted by Crippen LogP contribution is 2.23. The van der Waals surface area contributed by atoms with Gasteiger partial charge in [0.2, 0.25) is 5.91 Å². The van der Waals surface area contributed by atoms with Crippen molar-refractivity contribution in [3.8, 4) is 0 Å². The summed E-state index contributed by atoms with van der Waals surface area (Å²) in [5, 5.41) is 3.09. The second kappa shape index (κ2) is 8.95. The van der Waals surface area contributed by atoms with Gasteiger partial charge in [-0.3, -0.25) is 9.59 Å². The van der Waals surface area contributed by atoms with E-state index in [1.54, 1.807) is 0 Å². The van der Waals surface area contributed by atoms with Gasteiger partial charge in [-0.2, -0.15) is 0 Å². The molecule has 4 rings (SSSR count). The highest BCUT2D eigenvalue weighted by molar-refractivity contribution is 5.97. The molecule has 0 spiro atoms. The SMILES string of the molecule is Cc1nc2ccc(C(=O)N3CCCC(CC(=O)NCC4CCOCC4)C3)cc2[nH]1. The Morgan fingerprint density at radius 2 is 2.07 bits per heavy atom. The van der Waals surface area contributed by atoms with Crippen molar-refractivity contribution in [1.29, 1.82) is 0 Å². The van der Waals surface area contributed by atoms with Crippen LogP contribution in [-0.4, -0.2) is 59.5 Å². The van der Waals surface area contributed by atoms with Crippen LogP contribution in [0.3, 0.4) is 0 Å². The van der Waals surface area contributed by atoms with E-state index in [0.717, 1.165) is 68.8 Å². The third kappa shape index (κ3) is 4.96. The molecular formula is C22H30N4O3. The quantitative estimate of drug-likeness (QED) is 0.811. The number of aromatic amines is 1. The monoisotopic (exact) mass is 398 g/mol. The lowest BCUT2D eigenvalue weighted by Crippen LogP contribution is -2.42. The normalized spacial score (nSPS) is 20.7. The number of likely N-dealkylation sites (tertiary alicyclic amines) is 1. The molecule has 2 aliphatic heterocycles. The number of carbonyl (C=O) groups excluding carboxylic acids is 2. The first-order chi connectivity index (χ1) is 14.1. The van der Waals surface area contributed by atoms with Gasteiger partial charge in [0.25, 0.3) is 5.91 Å². The van der Waals surface area contributed by atoms with Crippen LogP contribution >= 0.6 is 0 Å². The van der Waals surface area contributed by atoms with E-state index in [4.69, 9.17) is 4.74 Å². The summed E-state index contributed by atoms with van der Waals surface area (Å²) in [5.74, 6) is 1.73. The second-order valence-corrected chi connectivity index (χ2v) is 8.38. The first kappa shape index (κ1) is 19.9. The Balaban J connectivity index is 1.31. The number of nitrogens with zero attached hydrogens (tertiary/aromatic N) is 2. The van der Waals surface area contributed by atoms with Crippen LogP contribution in [0.4, 0.5) is 0 Å². The minimum Gasteiger partial charge on any atom is -0.381 e. The maximum absolute atomic E-state index is 13.0. The van der Waals surface area contributed by atoms with Crippen LogP contribution in [0.1, 0.15) is 48.3 Å².